The molecule has 174 valence electrons. The summed E-state index contributed by atoms with van der Waals surface area (Å²) < 4.78 is 41.6. The van der Waals surface area contributed by atoms with Crippen LogP contribution < -0.4 is 9.46 Å². The Morgan fingerprint density at radius 2 is 2.03 bits per heavy atom. The van der Waals surface area contributed by atoms with Gasteiger partial charge >= 0.3 is 5.97 Å². The van der Waals surface area contributed by atoms with Gasteiger partial charge in [0.1, 0.15) is 17.1 Å². The molecule has 5 atom stereocenters. The molecule has 0 radical (unpaired) electrons. The molecule has 0 spiro atoms. The number of halogens is 1. The summed E-state index contributed by atoms with van der Waals surface area (Å²) >= 11 is 0. The molecule has 3 fully saturated rings. The number of carbonyl (C=O) groups excluding carboxylic acids is 1. The zero-order valence-corrected chi connectivity index (χ0v) is 19.5. The molecular formula is C25H27FN2O4S. The monoisotopic (exact) mass is 470 g/mol. The van der Waals surface area contributed by atoms with Crippen LogP contribution in [-0.2, 0) is 15.7 Å². The van der Waals surface area contributed by atoms with Crippen molar-refractivity contribution in [2.24, 2.45) is 17.8 Å². The predicted octanol–water partition coefficient (Wildman–Crippen LogP) is 3.91. The third-order valence-corrected chi connectivity index (χ3v) is 8.97. The normalized spacial score (nSPS) is 29.8. The Kier molecular flexibility index (Phi) is 4.99. The Labute approximate surface area is 195 Å². The number of carbonyl (C=O) groups is 1. The molecule has 2 saturated carbocycles. The van der Waals surface area contributed by atoms with E-state index >= 15 is 0 Å². The van der Waals surface area contributed by atoms with E-state index < -0.39 is 17.0 Å². The average Bonchev–Trinajstić information content (AvgIpc) is 3.71. The fraction of sp³-hybridized carbons (Fsp3) is 0.480. The van der Waals surface area contributed by atoms with Crippen molar-refractivity contribution in [3.05, 3.63) is 52.8 Å². The molecule has 2 aromatic rings. The smallest absolute Gasteiger partial charge is 0.343 e. The second-order valence-electron chi connectivity index (χ2n) is 9.57. The number of anilines is 1. The van der Waals surface area contributed by atoms with Gasteiger partial charge in [0, 0.05) is 19.0 Å². The predicted molar refractivity (Wildman–Crippen MR) is 122 cm³/mol. The van der Waals surface area contributed by atoms with Crippen LogP contribution in [0, 0.1) is 23.6 Å². The van der Waals surface area contributed by atoms with Crippen LogP contribution in [0.3, 0.4) is 0 Å². The highest BCUT2D eigenvalue weighted by molar-refractivity contribution is 7.86. The van der Waals surface area contributed by atoms with Gasteiger partial charge in [-0.25, -0.2) is 13.4 Å². The van der Waals surface area contributed by atoms with E-state index in [4.69, 9.17) is 9.47 Å². The molecule has 0 aromatic heterocycles. The Hall–Kier alpha value is -2.45. The lowest BCUT2D eigenvalue weighted by Gasteiger charge is -2.22. The Bertz CT molecular complexity index is 1160. The quantitative estimate of drug-likeness (QED) is 0.649. The summed E-state index contributed by atoms with van der Waals surface area (Å²) in [5.41, 5.74) is 2.50. The van der Waals surface area contributed by atoms with Crippen molar-refractivity contribution >= 4 is 22.6 Å². The maximum Gasteiger partial charge on any atom is 0.343 e. The van der Waals surface area contributed by atoms with Crippen molar-refractivity contribution in [2.45, 2.75) is 30.1 Å². The first-order chi connectivity index (χ1) is 16.0. The van der Waals surface area contributed by atoms with Gasteiger partial charge in [0.05, 0.1) is 24.3 Å². The number of fused-ring (bicyclic) bond motifs is 4. The van der Waals surface area contributed by atoms with Crippen LogP contribution in [0.15, 0.2) is 35.2 Å². The summed E-state index contributed by atoms with van der Waals surface area (Å²) in [6, 6.07) is 8.20. The Balaban J connectivity index is 1.31. The van der Waals surface area contributed by atoms with Gasteiger partial charge in [0.2, 0.25) is 0 Å². The van der Waals surface area contributed by atoms with Crippen LogP contribution in [0.1, 0.15) is 46.7 Å². The molecule has 1 N–H and O–H groups in total. The van der Waals surface area contributed by atoms with Gasteiger partial charge in [-0.1, -0.05) is 13.0 Å². The summed E-state index contributed by atoms with van der Waals surface area (Å²) in [5, 5.41) is 0. The molecule has 5 unspecified atom stereocenters. The van der Waals surface area contributed by atoms with E-state index in [1.54, 1.807) is 12.1 Å². The minimum Gasteiger partial charge on any atom is -0.492 e. The molecule has 4 aliphatic rings. The standard InChI is InChI=1S/C25H27FN2O4S/c1-3-28-10-18-19(11-28)22(18)17-9-14(26)4-7-21(17)33(30)27-20-6-5-15-16-8-13(16)12-32-24(15)23(20)25(29)31-2/h4-7,9,13,16,18-19,22,27H,3,8,10-12H2,1-2H3. The molecular weight excluding hydrogens is 443 g/mol. The lowest BCUT2D eigenvalue weighted by Crippen LogP contribution is -2.24. The lowest BCUT2D eigenvalue weighted by atomic mass is 10.0. The summed E-state index contributed by atoms with van der Waals surface area (Å²) in [5.74, 6) is 1.80. The third kappa shape index (κ3) is 3.46. The fourth-order valence-corrected chi connectivity index (χ4v) is 6.96. The van der Waals surface area contributed by atoms with E-state index in [2.05, 4.69) is 16.5 Å². The van der Waals surface area contributed by atoms with Gasteiger partial charge in [-0.15, -0.1) is 0 Å². The van der Waals surface area contributed by atoms with Crippen molar-refractivity contribution in [2.75, 3.05) is 38.1 Å². The maximum absolute atomic E-state index is 14.2. The fourth-order valence-electron chi connectivity index (χ4n) is 5.88. The second kappa shape index (κ2) is 7.81. The largest absolute Gasteiger partial charge is 0.492 e. The van der Waals surface area contributed by atoms with Gasteiger partial charge < -0.3 is 19.1 Å². The van der Waals surface area contributed by atoms with Crippen LogP contribution in [-0.4, -0.2) is 48.4 Å². The molecule has 33 heavy (non-hydrogen) atoms. The molecule has 2 heterocycles. The van der Waals surface area contributed by atoms with Gasteiger partial charge in [-0.2, -0.15) is 0 Å². The summed E-state index contributed by atoms with van der Waals surface area (Å²) in [6.45, 7) is 5.74. The highest BCUT2D eigenvalue weighted by atomic mass is 32.2. The summed E-state index contributed by atoms with van der Waals surface area (Å²) in [7, 11) is -0.347. The highest BCUT2D eigenvalue weighted by Gasteiger charge is 2.56. The number of esters is 1. The van der Waals surface area contributed by atoms with Crippen LogP contribution in [0.5, 0.6) is 5.75 Å². The van der Waals surface area contributed by atoms with Crippen LogP contribution in [0.25, 0.3) is 0 Å². The number of piperidine rings is 1. The van der Waals surface area contributed by atoms with E-state index in [9.17, 15) is 13.4 Å². The molecule has 1 saturated heterocycles. The number of hydrogen-bond donors (Lipinski definition) is 1. The van der Waals surface area contributed by atoms with Crippen molar-refractivity contribution < 1.29 is 22.9 Å². The van der Waals surface area contributed by atoms with Crippen molar-refractivity contribution in [3.8, 4) is 5.75 Å². The molecule has 6 rings (SSSR count). The molecule has 2 aromatic carbocycles. The minimum absolute atomic E-state index is 0.225. The highest BCUT2D eigenvalue weighted by Crippen LogP contribution is 2.59. The SMILES string of the molecule is CCN1CC2C(C1)C2c1cc(F)ccc1S(=O)Nc1ccc2c(c1C(=O)OC)OCC1CC21. The van der Waals surface area contributed by atoms with E-state index in [0.29, 0.717) is 46.6 Å². The molecule has 8 heteroatoms. The number of benzene rings is 2. The number of rotatable bonds is 6. The Morgan fingerprint density at radius 3 is 2.76 bits per heavy atom. The number of likely N-dealkylation sites (tertiary alicyclic amines) is 1. The maximum atomic E-state index is 14.2. The number of hydrogen-bond acceptors (Lipinski definition) is 5. The molecule has 2 aliphatic heterocycles. The molecule has 2 aliphatic carbocycles. The van der Waals surface area contributed by atoms with Crippen molar-refractivity contribution in [3.63, 3.8) is 0 Å². The van der Waals surface area contributed by atoms with Gasteiger partial charge in [0.25, 0.3) is 0 Å². The Morgan fingerprint density at radius 1 is 1.24 bits per heavy atom. The first-order valence-corrected chi connectivity index (χ1v) is 12.7. The van der Waals surface area contributed by atoms with Gasteiger partial charge in [-0.05, 0) is 72.0 Å². The molecule has 6 nitrogen and oxygen atoms in total. The first kappa shape index (κ1) is 21.1. The summed E-state index contributed by atoms with van der Waals surface area (Å²) in [4.78, 5) is 15.6. The number of methoxy groups -OCH3 is 1. The molecule has 0 bridgehead atoms. The van der Waals surface area contributed by atoms with Crippen molar-refractivity contribution in [1.29, 1.82) is 0 Å². The zero-order chi connectivity index (χ0) is 22.9. The van der Waals surface area contributed by atoms with Crippen LogP contribution >= 0.6 is 0 Å². The van der Waals surface area contributed by atoms with E-state index in [1.165, 1.54) is 19.2 Å². The van der Waals surface area contributed by atoms with Crippen molar-refractivity contribution in [1.82, 2.24) is 4.90 Å². The lowest BCUT2D eigenvalue weighted by molar-refractivity contribution is 0.0596. The average molecular weight is 471 g/mol. The summed E-state index contributed by atoms with van der Waals surface area (Å²) in [6.07, 6.45) is 1.06. The number of nitrogens with zero attached hydrogens (tertiary/aromatic N) is 1. The first-order valence-electron chi connectivity index (χ1n) is 11.6. The zero-order valence-electron chi connectivity index (χ0n) is 18.7. The van der Waals surface area contributed by atoms with Gasteiger partial charge in [-0.3, -0.25) is 0 Å². The second-order valence-corrected chi connectivity index (χ2v) is 10.8. The number of nitrogens with one attached hydrogen (secondary N) is 1. The number of ether oxygens (including phenoxy) is 2. The van der Waals surface area contributed by atoms with Crippen LogP contribution in [0.2, 0.25) is 0 Å². The third-order valence-electron chi connectivity index (χ3n) is 7.79. The van der Waals surface area contributed by atoms with E-state index in [0.717, 1.165) is 37.2 Å². The minimum atomic E-state index is -1.67. The van der Waals surface area contributed by atoms with E-state index in [-0.39, 0.29) is 17.3 Å². The molecule has 0 amide bonds. The van der Waals surface area contributed by atoms with Gasteiger partial charge in [0.15, 0.2) is 11.0 Å². The van der Waals surface area contributed by atoms with E-state index in [1.807, 2.05) is 6.07 Å². The van der Waals surface area contributed by atoms with Crippen LogP contribution in [0.4, 0.5) is 10.1 Å². The topological polar surface area (TPSA) is 67.9 Å².